The lowest BCUT2D eigenvalue weighted by molar-refractivity contribution is -0.119. The third kappa shape index (κ3) is 4.33. The van der Waals surface area contributed by atoms with Crippen molar-refractivity contribution in [2.45, 2.75) is 13.8 Å². The van der Waals surface area contributed by atoms with E-state index >= 15 is 0 Å². The molecular formula is C13H17BrN2O3. The van der Waals surface area contributed by atoms with Crippen molar-refractivity contribution in [2.75, 3.05) is 18.4 Å². The van der Waals surface area contributed by atoms with Crippen LogP contribution in [0.2, 0.25) is 0 Å². The predicted octanol–water partition coefficient (Wildman–Crippen LogP) is 2.33. The SMILES string of the molecule is CCNCC(C)C(=O)Nc1c(Br)cccc1C(=O)O. The lowest BCUT2D eigenvalue weighted by Crippen LogP contribution is -2.30. The van der Waals surface area contributed by atoms with E-state index in [9.17, 15) is 9.59 Å². The zero-order valence-corrected chi connectivity index (χ0v) is 12.5. The Bertz CT molecular complexity index is 477. The Morgan fingerprint density at radius 1 is 1.42 bits per heavy atom. The van der Waals surface area contributed by atoms with Crippen molar-refractivity contribution in [1.82, 2.24) is 5.32 Å². The summed E-state index contributed by atoms with van der Waals surface area (Å²) in [7, 11) is 0. The van der Waals surface area contributed by atoms with E-state index in [0.29, 0.717) is 16.7 Å². The standard InChI is InChI=1S/C13H17BrN2O3/c1-3-15-7-8(2)12(17)16-11-9(13(18)19)5-4-6-10(11)14/h4-6,8,15H,3,7H2,1-2H3,(H,16,17)(H,18,19). The van der Waals surface area contributed by atoms with Crippen LogP contribution in [0, 0.1) is 5.92 Å². The van der Waals surface area contributed by atoms with Gasteiger partial charge in [-0.15, -0.1) is 0 Å². The molecule has 0 saturated heterocycles. The minimum atomic E-state index is -1.07. The van der Waals surface area contributed by atoms with Crippen molar-refractivity contribution < 1.29 is 14.7 Å². The summed E-state index contributed by atoms with van der Waals surface area (Å²) in [5.74, 6) is -1.53. The lowest BCUT2D eigenvalue weighted by atomic mass is 10.1. The summed E-state index contributed by atoms with van der Waals surface area (Å²) in [6.07, 6.45) is 0. The van der Waals surface area contributed by atoms with Gasteiger partial charge in [0.25, 0.3) is 0 Å². The number of hydrogen-bond donors (Lipinski definition) is 3. The van der Waals surface area contributed by atoms with Crippen LogP contribution in [-0.4, -0.2) is 30.1 Å². The first-order chi connectivity index (χ1) is 8.97. The van der Waals surface area contributed by atoms with E-state index in [1.807, 2.05) is 6.92 Å². The average molecular weight is 329 g/mol. The molecular weight excluding hydrogens is 312 g/mol. The molecule has 1 aromatic rings. The Hall–Kier alpha value is -1.40. The first-order valence-corrected chi connectivity index (χ1v) is 6.80. The zero-order chi connectivity index (χ0) is 14.4. The van der Waals surface area contributed by atoms with Gasteiger partial charge in [0.15, 0.2) is 0 Å². The van der Waals surface area contributed by atoms with Crippen LogP contribution in [-0.2, 0) is 4.79 Å². The topological polar surface area (TPSA) is 78.4 Å². The molecule has 5 nitrogen and oxygen atoms in total. The van der Waals surface area contributed by atoms with Gasteiger partial charge >= 0.3 is 5.97 Å². The first-order valence-electron chi connectivity index (χ1n) is 6.00. The number of anilines is 1. The number of benzene rings is 1. The molecule has 0 heterocycles. The van der Waals surface area contributed by atoms with E-state index in [0.717, 1.165) is 6.54 Å². The molecule has 0 aliphatic carbocycles. The molecule has 0 fully saturated rings. The monoisotopic (exact) mass is 328 g/mol. The predicted molar refractivity (Wildman–Crippen MR) is 77.4 cm³/mol. The van der Waals surface area contributed by atoms with Crippen molar-refractivity contribution in [1.29, 1.82) is 0 Å². The van der Waals surface area contributed by atoms with Crippen molar-refractivity contribution in [3.05, 3.63) is 28.2 Å². The molecule has 0 bridgehead atoms. The van der Waals surface area contributed by atoms with E-state index in [-0.39, 0.29) is 17.4 Å². The smallest absolute Gasteiger partial charge is 0.337 e. The number of carboxylic acid groups (broad SMARTS) is 1. The molecule has 3 N–H and O–H groups in total. The van der Waals surface area contributed by atoms with Crippen LogP contribution < -0.4 is 10.6 Å². The summed E-state index contributed by atoms with van der Waals surface area (Å²) in [6.45, 7) is 5.08. The van der Waals surface area contributed by atoms with Crippen LogP contribution in [0.5, 0.6) is 0 Å². The van der Waals surface area contributed by atoms with Gasteiger partial charge in [-0.1, -0.05) is 19.9 Å². The summed E-state index contributed by atoms with van der Waals surface area (Å²) in [5, 5.41) is 14.8. The largest absolute Gasteiger partial charge is 0.478 e. The molecule has 19 heavy (non-hydrogen) atoms. The van der Waals surface area contributed by atoms with Gasteiger partial charge in [0, 0.05) is 16.9 Å². The number of carboxylic acids is 1. The summed E-state index contributed by atoms with van der Waals surface area (Å²) in [6, 6.07) is 4.76. The Kier molecular flexibility index (Phi) is 5.98. The number of halogens is 1. The molecule has 1 aromatic carbocycles. The molecule has 1 unspecified atom stereocenters. The quantitative estimate of drug-likeness (QED) is 0.748. The van der Waals surface area contributed by atoms with Crippen LogP contribution in [0.3, 0.4) is 0 Å². The number of hydrogen-bond acceptors (Lipinski definition) is 3. The maximum atomic E-state index is 12.0. The van der Waals surface area contributed by atoms with E-state index in [1.165, 1.54) is 6.07 Å². The molecule has 104 valence electrons. The van der Waals surface area contributed by atoms with Crippen molar-refractivity contribution in [3.63, 3.8) is 0 Å². The van der Waals surface area contributed by atoms with Gasteiger partial charge < -0.3 is 15.7 Å². The fourth-order valence-electron chi connectivity index (χ4n) is 1.53. The lowest BCUT2D eigenvalue weighted by Gasteiger charge is -2.15. The van der Waals surface area contributed by atoms with Gasteiger partial charge in [-0.2, -0.15) is 0 Å². The van der Waals surface area contributed by atoms with E-state index in [1.54, 1.807) is 19.1 Å². The highest BCUT2D eigenvalue weighted by Crippen LogP contribution is 2.27. The Balaban J connectivity index is 2.87. The second-order valence-electron chi connectivity index (χ2n) is 4.17. The van der Waals surface area contributed by atoms with Gasteiger partial charge in [0.05, 0.1) is 11.3 Å². The molecule has 0 aliphatic heterocycles. The fraction of sp³-hybridized carbons (Fsp3) is 0.385. The molecule has 0 aromatic heterocycles. The van der Waals surface area contributed by atoms with Crippen LogP contribution in [0.15, 0.2) is 22.7 Å². The Labute approximate surface area is 120 Å². The minimum absolute atomic E-state index is 0.0679. The van der Waals surface area contributed by atoms with Crippen LogP contribution in [0.1, 0.15) is 24.2 Å². The van der Waals surface area contributed by atoms with E-state index in [2.05, 4.69) is 26.6 Å². The number of carbonyl (C=O) groups is 2. The van der Waals surface area contributed by atoms with E-state index in [4.69, 9.17) is 5.11 Å². The summed E-state index contributed by atoms with van der Waals surface area (Å²) >= 11 is 3.25. The molecule has 1 rings (SSSR count). The average Bonchev–Trinajstić information content (AvgIpc) is 2.37. The molecule has 0 aliphatic rings. The molecule has 1 amide bonds. The number of aromatic carboxylic acids is 1. The second kappa shape index (κ2) is 7.25. The van der Waals surface area contributed by atoms with Crippen molar-refractivity contribution in [2.24, 2.45) is 5.92 Å². The number of amides is 1. The normalized spacial score (nSPS) is 11.9. The molecule has 6 heteroatoms. The number of nitrogens with one attached hydrogen (secondary N) is 2. The Morgan fingerprint density at radius 3 is 2.68 bits per heavy atom. The van der Waals surface area contributed by atoms with Crippen molar-refractivity contribution >= 4 is 33.5 Å². The summed E-state index contributed by atoms with van der Waals surface area (Å²) in [5.41, 5.74) is 0.363. The highest BCUT2D eigenvalue weighted by atomic mass is 79.9. The third-order valence-electron chi connectivity index (χ3n) is 2.64. The van der Waals surface area contributed by atoms with Gasteiger partial charge in [0.1, 0.15) is 0 Å². The minimum Gasteiger partial charge on any atom is -0.478 e. The number of rotatable bonds is 6. The zero-order valence-electron chi connectivity index (χ0n) is 10.9. The highest BCUT2D eigenvalue weighted by Gasteiger charge is 2.18. The van der Waals surface area contributed by atoms with Crippen LogP contribution >= 0.6 is 15.9 Å². The van der Waals surface area contributed by atoms with Gasteiger partial charge in [-0.3, -0.25) is 4.79 Å². The molecule has 0 spiro atoms. The number of para-hydroxylation sites is 1. The molecule has 0 saturated carbocycles. The third-order valence-corrected chi connectivity index (χ3v) is 3.30. The first kappa shape index (κ1) is 15.7. The summed E-state index contributed by atoms with van der Waals surface area (Å²) < 4.78 is 0.552. The van der Waals surface area contributed by atoms with E-state index < -0.39 is 5.97 Å². The van der Waals surface area contributed by atoms with Gasteiger partial charge in [0.2, 0.25) is 5.91 Å². The van der Waals surface area contributed by atoms with Gasteiger partial charge in [-0.05, 0) is 34.6 Å². The van der Waals surface area contributed by atoms with Crippen LogP contribution in [0.4, 0.5) is 5.69 Å². The van der Waals surface area contributed by atoms with Gasteiger partial charge in [-0.25, -0.2) is 4.79 Å². The maximum Gasteiger partial charge on any atom is 0.337 e. The summed E-state index contributed by atoms with van der Waals surface area (Å²) in [4.78, 5) is 23.1. The molecule has 0 radical (unpaired) electrons. The van der Waals surface area contributed by atoms with Crippen LogP contribution in [0.25, 0.3) is 0 Å². The maximum absolute atomic E-state index is 12.0. The highest BCUT2D eigenvalue weighted by molar-refractivity contribution is 9.10. The number of carbonyl (C=O) groups excluding carboxylic acids is 1. The van der Waals surface area contributed by atoms with Crippen molar-refractivity contribution in [3.8, 4) is 0 Å². The Morgan fingerprint density at radius 2 is 2.11 bits per heavy atom. The fourth-order valence-corrected chi connectivity index (χ4v) is 1.99. The second-order valence-corrected chi connectivity index (χ2v) is 5.02. The molecule has 1 atom stereocenters.